The lowest BCUT2D eigenvalue weighted by molar-refractivity contribution is -0.140. The zero-order valence-corrected chi connectivity index (χ0v) is 20.8. The number of thiazole rings is 1. The lowest BCUT2D eigenvalue weighted by Gasteiger charge is -2.16. The number of aromatic nitrogens is 1. The first kappa shape index (κ1) is 28.6. The third-order valence-electron chi connectivity index (χ3n) is 5.64. The molecule has 38 heavy (non-hydrogen) atoms. The first-order valence-corrected chi connectivity index (χ1v) is 12.3. The summed E-state index contributed by atoms with van der Waals surface area (Å²) in [5.74, 6) is -1.39. The number of carbonyl (C=O) groups is 2. The highest BCUT2D eigenvalue weighted by Crippen LogP contribution is 2.35. The minimum absolute atomic E-state index is 0. The standard InChI is InChI=1S/C27H24F3N3O3S.CH4/c1-15(2)13-22(25(35)36)32-24(34)18-5-3-16(4-6-18)17-7-10-20(11-8-17)31-26-33-21-12-9-19(27(28,29)30)14-23(21)37-26;/h3-12,14-15,22H,13H2,1-2H3,(H,31,33)(H,32,34)(H,35,36);1H4/t22-;/m0./s1. The van der Waals surface area contributed by atoms with Gasteiger partial charge in [0.25, 0.3) is 5.91 Å². The molecule has 200 valence electrons. The van der Waals surface area contributed by atoms with Crippen LogP contribution in [0.1, 0.15) is 43.6 Å². The predicted octanol–water partition coefficient (Wildman–Crippen LogP) is 7.59. The Morgan fingerprint density at radius 3 is 2.13 bits per heavy atom. The van der Waals surface area contributed by atoms with Crippen LogP contribution >= 0.6 is 11.3 Å². The van der Waals surface area contributed by atoms with Crippen molar-refractivity contribution in [2.75, 3.05) is 5.32 Å². The summed E-state index contributed by atoms with van der Waals surface area (Å²) in [6.45, 7) is 3.79. The van der Waals surface area contributed by atoms with E-state index >= 15 is 0 Å². The molecule has 0 spiro atoms. The summed E-state index contributed by atoms with van der Waals surface area (Å²) in [7, 11) is 0. The van der Waals surface area contributed by atoms with E-state index in [2.05, 4.69) is 15.6 Å². The maximum atomic E-state index is 13.0. The van der Waals surface area contributed by atoms with Crippen LogP contribution in [0.4, 0.5) is 24.0 Å². The summed E-state index contributed by atoms with van der Waals surface area (Å²) in [5.41, 5.74) is 2.61. The maximum absolute atomic E-state index is 13.0. The number of rotatable bonds is 8. The minimum Gasteiger partial charge on any atom is -0.480 e. The zero-order valence-electron chi connectivity index (χ0n) is 20.0. The molecule has 1 heterocycles. The number of alkyl halides is 3. The lowest BCUT2D eigenvalue weighted by atomic mass is 10.0. The number of nitrogens with one attached hydrogen (secondary N) is 2. The number of carboxylic acid groups (broad SMARTS) is 1. The number of halogens is 3. The molecule has 4 rings (SSSR count). The van der Waals surface area contributed by atoms with E-state index < -0.39 is 29.7 Å². The van der Waals surface area contributed by atoms with Crippen LogP contribution in [0, 0.1) is 5.92 Å². The average molecular weight is 544 g/mol. The van der Waals surface area contributed by atoms with Crippen LogP contribution in [0.15, 0.2) is 66.7 Å². The molecule has 1 amide bonds. The van der Waals surface area contributed by atoms with Crippen LogP contribution in [0.3, 0.4) is 0 Å². The molecule has 0 bridgehead atoms. The van der Waals surface area contributed by atoms with E-state index in [9.17, 15) is 27.9 Å². The topological polar surface area (TPSA) is 91.3 Å². The summed E-state index contributed by atoms with van der Waals surface area (Å²) in [5, 5.41) is 15.5. The summed E-state index contributed by atoms with van der Waals surface area (Å²) in [6, 6.07) is 16.8. The van der Waals surface area contributed by atoms with Gasteiger partial charge in [0.2, 0.25) is 0 Å². The van der Waals surface area contributed by atoms with Gasteiger partial charge in [0.05, 0.1) is 15.8 Å². The molecule has 6 nitrogen and oxygen atoms in total. The van der Waals surface area contributed by atoms with Gasteiger partial charge in [-0.3, -0.25) is 4.79 Å². The SMILES string of the molecule is C.CC(C)C[C@H](NC(=O)c1ccc(-c2ccc(Nc3nc4ccc(C(F)(F)F)cc4s3)cc2)cc1)C(=O)O. The molecule has 0 radical (unpaired) electrons. The Balaban J connectivity index is 0.00000400. The summed E-state index contributed by atoms with van der Waals surface area (Å²) < 4.78 is 39.3. The Labute approximate surface area is 222 Å². The van der Waals surface area contributed by atoms with E-state index in [-0.39, 0.29) is 13.3 Å². The smallest absolute Gasteiger partial charge is 0.416 e. The summed E-state index contributed by atoms with van der Waals surface area (Å²) >= 11 is 1.14. The monoisotopic (exact) mass is 543 g/mol. The van der Waals surface area contributed by atoms with E-state index in [4.69, 9.17) is 0 Å². The van der Waals surface area contributed by atoms with Gasteiger partial charge in [-0.1, -0.05) is 56.9 Å². The Morgan fingerprint density at radius 2 is 1.58 bits per heavy atom. The normalized spacial score (nSPS) is 12.2. The van der Waals surface area contributed by atoms with Crippen LogP contribution in [0.5, 0.6) is 0 Å². The van der Waals surface area contributed by atoms with Gasteiger partial charge in [-0.15, -0.1) is 0 Å². The van der Waals surface area contributed by atoms with Gasteiger partial charge in [0.1, 0.15) is 6.04 Å². The Hall–Kier alpha value is -3.92. The Bertz CT molecular complexity index is 1420. The van der Waals surface area contributed by atoms with Crippen molar-refractivity contribution in [1.82, 2.24) is 10.3 Å². The van der Waals surface area contributed by atoms with Crippen LogP contribution in [0.2, 0.25) is 0 Å². The molecule has 0 saturated heterocycles. The van der Waals surface area contributed by atoms with Crippen LogP contribution in [0.25, 0.3) is 21.3 Å². The second kappa shape index (κ2) is 11.6. The fourth-order valence-corrected chi connectivity index (χ4v) is 4.70. The molecular weight excluding hydrogens is 515 g/mol. The Morgan fingerprint density at radius 1 is 0.974 bits per heavy atom. The maximum Gasteiger partial charge on any atom is 0.416 e. The molecule has 0 unspecified atom stereocenters. The molecule has 1 aromatic heterocycles. The van der Waals surface area contributed by atoms with Gasteiger partial charge in [-0.25, -0.2) is 9.78 Å². The lowest BCUT2D eigenvalue weighted by Crippen LogP contribution is -2.41. The van der Waals surface area contributed by atoms with Gasteiger partial charge in [0.15, 0.2) is 5.13 Å². The van der Waals surface area contributed by atoms with Crippen molar-refractivity contribution in [2.24, 2.45) is 5.92 Å². The molecule has 0 aliphatic rings. The Kier molecular flexibility index (Phi) is 8.78. The third-order valence-corrected chi connectivity index (χ3v) is 6.58. The minimum atomic E-state index is -4.40. The predicted molar refractivity (Wildman–Crippen MR) is 145 cm³/mol. The molecule has 0 aliphatic carbocycles. The molecule has 0 fully saturated rings. The van der Waals surface area contributed by atoms with Crippen molar-refractivity contribution < 1.29 is 27.9 Å². The van der Waals surface area contributed by atoms with Crippen molar-refractivity contribution in [3.8, 4) is 11.1 Å². The van der Waals surface area contributed by atoms with Crippen LogP contribution in [-0.4, -0.2) is 28.0 Å². The van der Waals surface area contributed by atoms with Crippen LogP contribution < -0.4 is 10.6 Å². The van der Waals surface area contributed by atoms with Crippen molar-refractivity contribution in [3.05, 3.63) is 77.9 Å². The fourth-order valence-electron chi connectivity index (χ4n) is 3.77. The number of anilines is 2. The zero-order chi connectivity index (χ0) is 26.7. The number of amides is 1. The van der Waals surface area contributed by atoms with E-state index in [0.29, 0.717) is 27.3 Å². The molecule has 10 heteroatoms. The highest BCUT2D eigenvalue weighted by atomic mass is 32.1. The number of carbonyl (C=O) groups excluding carboxylic acids is 1. The number of carboxylic acids is 1. The van der Waals surface area contributed by atoms with E-state index in [1.807, 2.05) is 38.1 Å². The largest absolute Gasteiger partial charge is 0.480 e. The molecule has 0 saturated carbocycles. The van der Waals surface area contributed by atoms with Gasteiger partial charge in [-0.05, 0) is 65.9 Å². The van der Waals surface area contributed by atoms with Crippen molar-refractivity contribution in [2.45, 2.75) is 39.9 Å². The molecule has 0 aliphatic heterocycles. The molecule has 3 N–H and O–H groups in total. The number of fused-ring (bicyclic) bond motifs is 1. The van der Waals surface area contributed by atoms with Gasteiger partial charge < -0.3 is 15.7 Å². The highest BCUT2D eigenvalue weighted by molar-refractivity contribution is 7.22. The fraction of sp³-hybridized carbons (Fsp3) is 0.250. The van der Waals surface area contributed by atoms with Gasteiger partial charge >= 0.3 is 12.1 Å². The second-order valence-electron chi connectivity index (χ2n) is 8.97. The molecule has 1 atom stereocenters. The van der Waals surface area contributed by atoms with E-state index in [0.717, 1.165) is 40.3 Å². The molecule has 3 aromatic carbocycles. The number of hydrogen-bond donors (Lipinski definition) is 3. The third kappa shape index (κ3) is 6.89. The first-order chi connectivity index (χ1) is 17.5. The van der Waals surface area contributed by atoms with Crippen molar-refractivity contribution in [1.29, 1.82) is 0 Å². The summed E-state index contributed by atoms with van der Waals surface area (Å²) in [6.07, 6.45) is -4.07. The van der Waals surface area contributed by atoms with Gasteiger partial charge in [0, 0.05) is 11.3 Å². The second-order valence-corrected chi connectivity index (χ2v) is 10.0. The number of hydrogen-bond acceptors (Lipinski definition) is 5. The van der Waals surface area contributed by atoms with E-state index in [1.165, 1.54) is 6.07 Å². The average Bonchev–Trinajstić information content (AvgIpc) is 3.25. The van der Waals surface area contributed by atoms with E-state index in [1.54, 1.807) is 24.3 Å². The number of benzene rings is 3. The highest BCUT2D eigenvalue weighted by Gasteiger charge is 2.30. The number of aliphatic carboxylic acids is 1. The van der Waals surface area contributed by atoms with Crippen molar-refractivity contribution >= 4 is 44.2 Å². The first-order valence-electron chi connectivity index (χ1n) is 11.5. The molecule has 4 aromatic rings. The van der Waals surface area contributed by atoms with Crippen LogP contribution in [-0.2, 0) is 11.0 Å². The number of nitrogens with zero attached hydrogens (tertiary/aromatic N) is 1. The van der Waals surface area contributed by atoms with Gasteiger partial charge in [-0.2, -0.15) is 13.2 Å². The van der Waals surface area contributed by atoms with Crippen molar-refractivity contribution in [3.63, 3.8) is 0 Å². The quantitative estimate of drug-likeness (QED) is 0.213. The molecular formula is C28H28F3N3O3S. The summed E-state index contributed by atoms with van der Waals surface area (Å²) in [4.78, 5) is 28.3.